The highest BCUT2D eigenvalue weighted by Crippen LogP contribution is 2.28. The van der Waals surface area contributed by atoms with Crippen LogP contribution in [0.4, 0.5) is 20.2 Å². The van der Waals surface area contributed by atoms with Crippen LogP contribution in [0.2, 0.25) is 0 Å². The van der Waals surface area contributed by atoms with Crippen molar-refractivity contribution in [2.45, 2.75) is 13.2 Å². The first-order chi connectivity index (χ1) is 13.3. The third kappa shape index (κ3) is 6.16. The Morgan fingerprint density at radius 1 is 1.21 bits per heavy atom. The van der Waals surface area contributed by atoms with Crippen molar-refractivity contribution in [3.8, 4) is 11.5 Å². The van der Waals surface area contributed by atoms with E-state index in [-0.39, 0.29) is 23.7 Å². The monoisotopic (exact) mass is 396 g/mol. The average Bonchev–Trinajstić information content (AvgIpc) is 2.62. The standard InChI is InChI=1S/C18H19F2N3O5/c1-22(10-12-3-5-13(6-4-12)28-18(19)20)11-17(24)21-15-8-7-14(27-2)9-16(15)23(25)26/h3-9,18H,10-11H2,1-2H3,(H,21,24)/p+1. The minimum atomic E-state index is -2.88. The zero-order chi connectivity index (χ0) is 20.7. The molecule has 2 rings (SSSR count). The van der Waals surface area contributed by atoms with Crippen LogP contribution in [0.5, 0.6) is 11.5 Å². The Bertz CT molecular complexity index is 830. The summed E-state index contributed by atoms with van der Waals surface area (Å²) >= 11 is 0. The molecule has 0 aromatic heterocycles. The van der Waals surface area contributed by atoms with E-state index in [1.165, 1.54) is 37.4 Å². The van der Waals surface area contributed by atoms with Crippen molar-refractivity contribution in [2.24, 2.45) is 0 Å². The largest absolute Gasteiger partial charge is 0.496 e. The lowest BCUT2D eigenvalue weighted by Gasteiger charge is -2.14. The minimum absolute atomic E-state index is 0.0540. The summed E-state index contributed by atoms with van der Waals surface area (Å²) < 4.78 is 33.5. The number of nitro groups is 1. The number of nitrogens with one attached hydrogen (secondary N) is 2. The molecule has 1 unspecified atom stereocenters. The number of amides is 1. The number of ether oxygens (including phenoxy) is 2. The summed E-state index contributed by atoms with van der Waals surface area (Å²) in [6.45, 7) is -2.38. The number of hydrogen-bond donors (Lipinski definition) is 2. The number of rotatable bonds is 9. The van der Waals surface area contributed by atoms with Gasteiger partial charge in [0.15, 0.2) is 6.54 Å². The van der Waals surface area contributed by atoms with Gasteiger partial charge in [-0.05, 0) is 36.4 Å². The van der Waals surface area contributed by atoms with E-state index >= 15 is 0 Å². The predicted molar refractivity (Wildman–Crippen MR) is 96.8 cm³/mol. The first-order valence-electron chi connectivity index (χ1n) is 8.26. The SMILES string of the molecule is COc1ccc(NC(=O)C[NH+](C)Cc2ccc(OC(F)F)cc2)c([N+](=O)[O-])c1. The maximum absolute atomic E-state index is 12.2. The molecule has 0 aliphatic rings. The lowest BCUT2D eigenvalue weighted by atomic mass is 10.2. The van der Waals surface area contributed by atoms with E-state index in [9.17, 15) is 23.7 Å². The number of hydrogen-bond acceptors (Lipinski definition) is 5. The molecule has 2 aromatic carbocycles. The lowest BCUT2D eigenvalue weighted by Crippen LogP contribution is -3.08. The van der Waals surface area contributed by atoms with Crippen LogP contribution in [0.25, 0.3) is 0 Å². The number of anilines is 1. The van der Waals surface area contributed by atoms with Crippen LogP contribution in [0, 0.1) is 10.1 Å². The number of benzene rings is 2. The number of likely N-dealkylation sites (N-methyl/N-ethyl adjacent to an activating group) is 1. The van der Waals surface area contributed by atoms with Gasteiger partial charge in [-0.2, -0.15) is 8.78 Å². The summed E-state index contributed by atoms with van der Waals surface area (Å²) in [6, 6.07) is 10.3. The van der Waals surface area contributed by atoms with Crippen LogP contribution >= 0.6 is 0 Å². The first-order valence-corrected chi connectivity index (χ1v) is 8.26. The Kier molecular flexibility index (Phi) is 7.21. The molecule has 2 N–H and O–H groups in total. The van der Waals surface area contributed by atoms with Gasteiger partial charge in [0.25, 0.3) is 11.6 Å². The van der Waals surface area contributed by atoms with Crippen LogP contribution in [0.3, 0.4) is 0 Å². The molecule has 0 aliphatic carbocycles. The smallest absolute Gasteiger partial charge is 0.387 e. The zero-order valence-electron chi connectivity index (χ0n) is 15.3. The number of carbonyl (C=O) groups excluding carboxylic acids is 1. The molecule has 2 aromatic rings. The van der Waals surface area contributed by atoms with Crippen LogP contribution in [0.1, 0.15) is 5.56 Å². The number of alkyl halides is 2. The van der Waals surface area contributed by atoms with Crippen molar-refractivity contribution < 1.29 is 32.9 Å². The summed E-state index contributed by atoms with van der Waals surface area (Å²) in [5.41, 5.74) is 0.638. The molecular formula is C18H20F2N3O5+. The Hall–Kier alpha value is -3.27. The second kappa shape index (κ2) is 9.60. The fourth-order valence-electron chi connectivity index (χ4n) is 2.56. The van der Waals surface area contributed by atoms with Crippen LogP contribution < -0.4 is 19.7 Å². The van der Waals surface area contributed by atoms with E-state index < -0.39 is 17.4 Å². The van der Waals surface area contributed by atoms with E-state index in [4.69, 9.17) is 4.74 Å². The number of quaternary nitrogens is 1. The molecule has 1 atom stereocenters. The molecule has 0 spiro atoms. The van der Waals surface area contributed by atoms with Crippen molar-refractivity contribution in [3.63, 3.8) is 0 Å². The predicted octanol–water partition coefficient (Wildman–Crippen LogP) is 1.86. The van der Waals surface area contributed by atoms with Crippen LogP contribution in [0.15, 0.2) is 42.5 Å². The molecule has 8 nitrogen and oxygen atoms in total. The molecule has 1 amide bonds. The van der Waals surface area contributed by atoms with E-state index in [0.717, 1.165) is 10.5 Å². The average molecular weight is 396 g/mol. The molecule has 28 heavy (non-hydrogen) atoms. The summed E-state index contributed by atoms with van der Waals surface area (Å²) in [6.07, 6.45) is 0. The van der Waals surface area contributed by atoms with Gasteiger partial charge in [-0.1, -0.05) is 0 Å². The van der Waals surface area contributed by atoms with Gasteiger partial charge in [0.2, 0.25) is 0 Å². The summed E-state index contributed by atoms with van der Waals surface area (Å²) in [4.78, 5) is 23.6. The van der Waals surface area contributed by atoms with Gasteiger partial charge >= 0.3 is 6.61 Å². The van der Waals surface area contributed by atoms with Crippen molar-refractivity contribution in [1.29, 1.82) is 0 Å². The van der Waals surface area contributed by atoms with Crippen molar-refractivity contribution in [2.75, 3.05) is 26.0 Å². The third-order valence-corrected chi connectivity index (χ3v) is 3.79. The Morgan fingerprint density at radius 2 is 1.86 bits per heavy atom. The third-order valence-electron chi connectivity index (χ3n) is 3.79. The molecular weight excluding hydrogens is 376 g/mol. The van der Waals surface area contributed by atoms with E-state index in [0.29, 0.717) is 12.3 Å². The molecule has 0 heterocycles. The number of methoxy groups -OCH3 is 1. The van der Waals surface area contributed by atoms with Gasteiger partial charge < -0.3 is 19.7 Å². The topological polar surface area (TPSA) is 95.1 Å². The highest BCUT2D eigenvalue weighted by atomic mass is 19.3. The Balaban J connectivity index is 1.95. The fraction of sp³-hybridized carbons (Fsp3) is 0.278. The summed E-state index contributed by atoms with van der Waals surface area (Å²) in [7, 11) is 3.16. The molecule has 0 saturated carbocycles. The molecule has 10 heteroatoms. The maximum atomic E-state index is 12.2. The van der Waals surface area contributed by atoms with E-state index in [2.05, 4.69) is 10.1 Å². The quantitative estimate of drug-likeness (QED) is 0.498. The fourth-order valence-corrected chi connectivity index (χ4v) is 2.56. The van der Waals surface area contributed by atoms with Crippen LogP contribution in [-0.4, -0.2) is 38.1 Å². The summed E-state index contributed by atoms with van der Waals surface area (Å²) in [5.74, 6) is -0.0314. The molecule has 0 radical (unpaired) electrons. The second-order valence-corrected chi connectivity index (χ2v) is 6.02. The molecule has 0 bridgehead atoms. The zero-order valence-corrected chi connectivity index (χ0v) is 15.3. The van der Waals surface area contributed by atoms with Gasteiger partial charge in [-0.15, -0.1) is 0 Å². The van der Waals surface area contributed by atoms with E-state index in [1.807, 2.05) is 0 Å². The molecule has 0 fully saturated rings. The van der Waals surface area contributed by atoms with Crippen molar-refractivity contribution in [1.82, 2.24) is 0 Å². The van der Waals surface area contributed by atoms with Gasteiger partial charge in [0.1, 0.15) is 23.7 Å². The maximum Gasteiger partial charge on any atom is 0.387 e. The first kappa shape index (κ1) is 21.0. The highest BCUT2D eigenvalue weighted by Gasteiger charge is 2.19. The van der Waals surface area contributed by atoms with Gasteiger partial charge in [-0.3, -0.25) is 14.9 Å². The van der Waals surface area contributed by atoms with Gasteiger partial charge in [-0.25, -0.2) is 0 Å². The van der Waals surface area contributed by atoms with Gasteiger partial charge in [0.05, 0.1) is 25.1 Å². The Morgan fingerprint density at radius 3 is 2.43 bits per heavy atom. The number of nitrogens with zero attached hydrogens (tertiary/aromatic N) is 1. The second-order valence-electron chi connectivity index (χ2n) is 6.02. The number of nitro benzene ring substituents is 1. The Labute approximate surface area is 159 Å². The minimum Gasteiger partial charge on any atom is -0.496 e. The normalized spacial score (nSPS) is 11.8. The molecule has 0 saturated heterocycles. The lowest BCUT2D eigenvalue weighted by molar-refractivity contribution is -0.885. The number of halogens is 2. The number of carbonyl (C=O) groups is 1. The summed E-state index contributed by atoms with van der Waals surface area (Å²) in [5, 5.41) is 13.7. The highest BCUT2D eigenvalue weighted by molar-refractivity contribution is 5.93. The van der Waals surface area contributed by atoms with E-state index in [1.54, 1.807) is 19.2 Å². The molecule has 0 aliphatic heterocycles. The van der Waals surface area contributed by atoms with Crippen molar-refractivity contribution >= 4 is 17.3 Å². The molecule has 150 valence electrons. The van der Waals surface area contributed by atoms with Crippen LogP contribution in [-0.2, 0) is 11.3 Å². The van der Waals surface area contributed by atoms with Gasteiger partial charge in [0, 0.05) is 5.56 Å². The van der Waals surface area contributed by atoms with Crippen molar-refractivity contribution in [3.05, 3.63) is 58.1 Å².